The van der Waals surface area contributed by atoms with Gasteiger partial charge in [-0.05, 0) is 64.2 Å². The molecule has 0 bridgehead atoms. The Labute approximate surface area is 248 Å². The molecule has 238 valence electrons. The number of benzene rings is 1. The van der Waals surface area contributed by atoms with E-state index in [9.17, 15) is 19.2 Å². The molecule has 1 aromatic carbocycles. The predicted molar refractivity (Wildman–Crippen MR) is 153 cm³/mol. The molecule has 0 spiro atoms. The van der Waals surface area contributed by atoms with Gasteiger partial charge in [0.25, 0.3) is 0 Å². The third kappa shape index (κ3) is 15.5. The zero-order valence-corrected chi connectivity index (χ0v) is 25.7. The summed E-state index contributed by atoms with van der Waals surface area (Å²) in [4.78, 5) is 48.9. The molecule has 12 heteroatoms. The van der Waals surface area contributed by atoms with E-state index in [-0.39, 0.29) is 43.3 Å². The summed E-state index contributed by atoms with van der Waals surface area (Å²) < 4.78 is 36.3. The van der Waals surface area contributed by atoms with Gasteiger partial charge >= 0.3 is 24.4 Å². The fourth-order valence-electron chi connectivity index (χ4n) is 3.72. The first-order valence-corrected chi connectivity index (χ1v) is 14.6. The molecule has 0 radical (unpaired) electrons. The number of esters is 1. The molecular formula is C30H47NO11. The lowest BCUT2D eigenvalue weighted by atomic mass is 10.1. The van der Waals surface area contributed by atoms with Crippen molar-refractivity contribution in [3.05, 3.63) is 23.8 Å². The van der Waals surface area contributed by atoms with Gasteiger partial charge in [0.1, 0.15) is 31.0 Å². The van der Waals surface area contributed by atoms with Crippen LogP contribution in [0.4, 0.5) is 14.4 Å². The average molecular weight is 598 g/mol. The van der Waals surface area contributed by atoms with Crippen LogP contribution < -0.4 is 15.2 Å². The number of rotatable bonds is 18. The van der Waals surface area contributed by atoms with Crippen molar-refractivity contribution in [1.82, 2.24) is 0 Å². The van der Waals surface area contributed by atoms with Crippen LogP contribution in [0.1, 0.15) is 92.1 Å². The van der Waals surface area contributed by atoms with E-state index in [1.165, 1.54) is 12.1 Å². The van der Waals surface area contributed by atoms with Gasteiger partial charge in [-0.1, -0.05) is 52.5 Å². The van der Waals surface area contributed by atoms with Gasteiger partial charge in [0.15, 0.2) is 11.5 Å². The van der Waals surface area contributed by atoms with Crippen molar-refractivity contribution < 1.29 is 52.3 Å². The van der Waals surface area contributed by atoms with Gasteiger partial charge < -0.3 is 38.9 Å². The first-order chi connectivity index (χ1) is 20.0. The minimum absolute atomic E-state index is 0.00177. The van der Waals surface area contributed by atoms with Crippen molar-refractivity contribution >= 4 is 24.4 Å². The molecular weight excluding hydrogens is 550 g/mol. The summed E-state index contributed by atoms with van der Waals surface area (Å²) in [6.45, 7) is 11.0. The SMILES string of the molecule is CCCCCOC(=O)OC[C@H](C)OC(=O)[C@@H](N)Cc1ccc(OC(=O)OC(C)CCC)c(OC(=O)OC(C)CCC)c1. The molecule has 0 heterocycles. The highest BCUT2D eigenvalue weighted by Gasteiger charge is 2.23. The van der Waals surface area contributed by atoms with Crippen molar-refractivity contribution in [2.45, 2.75) is 117 Å². The van der Waals surface area contributed by atoms with Gasteiger partial charge in [-0.2, -0.15) is 0 Å². The Morgan fingerprint density at radius 3 is 1.88 bits per heavy atom. The molecule has 0 fully saturated rings. The summed E-state index contributed by atoms with van der Waals surface area (Å²) in [6.07, 6.45) is 1.32. The van der Waals surface area contributed by atoms with Crippen molar-refractivity contribution in [3.8, 4) is 11.5 Å². The third-order valence-corrected chi connectivity index (χ3v) is 5.86. The summed E-state index contributed by atoms with van der Waals surface area (Å²) in [7, 11) is 0. The van der Waals surface area contributed by atoms with Crippen molar-refractivity contribution in [3.63, 3.8) is 0 Å². The summed E-state index contributed by atoms with van der Waals surface area (Å²) in [5.41, 5.74) is 6.54. The number of hydrogen-bond acceptors (Lipinski definition) is 12. The van der Waals surface area contributed by atoms with Gasteiger partial charge in [-0.3, -0.25) is 4.79 Å². The summed E-state index contributed by atoms with van der Waals surface area (Å²) in [5, 5.41) is 0. The molecule has 0 aliphatic heterocycles. The maximum Gasteiger partial charge on any atom is 0.514 e. The standard InChI is InChI=1S/C30H47NO11/c1-7-10-11-16-36-28(33)37-19-22(6)38-27(32)24(31)17-23-14-15-25(41-29(34)39-20(4)12-8-2)26(18-23)42-30(35)40-21(5)13-9-3/h14-15,18,20-22,24H,7-13,16-17,19,31H2,1-6H3/t20?,21?,22-,24-/m0/s1. The van der Waals surface area contributed by atoms with Gasteiger partial charge in [-0.25, -0.2) is 14.4 Å². The highest BCUT2D eigenvalue weighted by Crippen LogP contribution is 2.30. The van der Waals surface area contributed by atoms with Gasteiger partial charge in [0.05, 0.1) is 6.61 Å². The topological polar surface area (TPSA) is 159 Å². The lowest BCUT2D eigenvalue weighted by molar-refractivity contribution is -0.152. The van der Waals surface area contributed by atoms with Gasteiger partial charge in [0, 0.05) is 0 Å². The zero-order chi connectivity index (χ0) is 31.5. The molecule has 0 saturated carbocycles. The normalized spacial score (nSPS) is 13.6. The molecule has 0 aromatic heterocycles. The van der Waals surface area contributed by atoms with E-state index in [2.05, 4.69) is 0 Å². The van der Waals surface area contributed by atoms with Crippen LogP contribution >= 0.6 is 0 Å². The van der Waals surface area contributed by atoms with Crippen LogP contribution in [0.2, 0.25) is 0 Å². The monoisotopic (exact) mass is 597 g/mol. The third-order valence-electron chi connectivity index (χ3n) is 5.86. The molecule has 0 saturated heterocycles. The molecule has 0 amide bonds. The van der Waals surface area contributed by atoms with E-state index in [4.69, 9.17) is 38.9 Å². The second-order valence-corrected chi connectivity index (χ2v) is 10.1. The van der Waals surface area contributed by atoms with E-state index < -0.39 is 36.6 Å². The molecule has 1 rings (SSSR count). The van der Waals surface area contributed by atoms with E-state index >= 15 is 0 Å². The lowest BCUT2D eigenvalue weighted by Gasteiger charge is -2.18. The first kappa shape index (κ1) is 36.5. The van der Waals surface area contributed by atoms with Crippen molar-refractivity contribution in [2.75, 3.05) is 13.2 Å². The molecule has 0 aliphatic carbocycles. The molecule has 2 unspecified atom stereocenters. The number of carbonyl (C=O) groups is 4. The Morgan fingerprint density at radius 2 is 1.31 bits per heavy atom. The summed E-state index contributed by atoms with van der Waals surface area (Å²) in [6, 6.07) is 3.28. The Bertz CT molecular complexity index is 984. The second-order valence-electron chi connectivity index (χ2n) is 10.1. The number of carbonyl (C=O) groups excluding carboxylic acids is 4. The minimum Gasteiger partial charge on any atom is -0.458 e. The fraction of sp³-hybridized carbons (Fsp3) is 0.667. The van der Waals surface area contributed by atoms with Crippen LogP contribution in [0.25, 0.3) is 0 Å². The smallest absolute Gasteiger partial charge is 0.458 e. The quantitative estimate of drug-likeness (QED) is 0.0879. The second kappa shape index (κ2) is 20.4. The Kier molecular flexibility index (Phi) is 17.7. The highest BCUT2D eigenvalue weighted by molar-refractivity contribution is 5.76. The van der Waals surface area contributed by atoms with Crippen LogP contribution in [0.3, 0.4) is 0 Å². The van der Waals surface area contributed by atoms with Gasteiger partial charge in [-0.15, -0.1) is 0 Å². The van der Waals surface area contributed by atoms with Crippen molar-refractivity contribution in [2.24, 2.45) is 5.73 Å². The summed E-state index contributed by atoms with van der Waals surface area (Å²) >= 11 is 0. The van der Waals surface area contributed by atoms with E-state index in [0.717, 1.165) is 32.1 Å². The molecule has 1 aromatic rings. The molecule has 4 atom stereocenters. The largest absolute Gasteiger partial charge is 0.514 e. The Hall–Kier alpha value is -3.54. The van der Waals surface area contributed by atoms with E-state index in [1.807, 2.05) is 20.8 Å². The van der Waals surface area contributed by atoms with Crippen LogP contribution in [0, 0.1) is 0 Å². The van der Waals surface area contributed by atoms with E-state index in [1.54, 1.807) is 26.8 Å². The highest BCUT2D eigenvalue weighted by atomic mass is 16.8. The van der Waals surface area contributed by atoms with E-state index in [0.29, 0.717) is 18.4 Å². The molecule has 0 aliphatic rings. The molecule has 2 N–H and O–H groups in total. The molecule has 12 nitrogen and oxygen atoms in total. The predicted octanol–water partition coefficient (Wildman–Crippen LogP) is 6.24. The zero-order valence-electron chi connectivity index (χ0n) is 25.7. The number of unbranched alkanes of at least 4 members (excludes halogenated alkanes) is 2. The maximum absolute atomic E-state index is 12.6. The number of ether oxygens (including phenoxy) is 7. The van der Waals surface area contributed by atoms with Crippen LogP contribution in [0.15, 0.2) is 18.2 Å². The average Bonchev–Trinajstić information content (AvgIpc) is 2.91. The number of hydrogen-bond donors (Lipinski definition) is 1. The lowest BCUT2D eigenvalue weighted by Crippen LogP contribution is -2.37. The molecule has 42 heavy (non-hydrogen) atoms. The van der Waals surface area contributed by atoms with Crippen LogP contribution in [-0.2, 0) is 34.9 Å². The number of nitrogens with two attached hydrogens (primary N) is 1. The van der Waals surface area contributed by atoms with Crippen LogP contribution in [-0.4, -0.2) is 62.0 Å². The minimum atomic E-state index is -1.09. The fourth-order valence-corrected chi connectivity index (χ4v) is 3.72. The van der Waals surface area contributed by atoms with Crippen molar-refractivity contribution in [1.29, 1.82) is 0 Å². The Morgan fingerprint density at radius 1 is 0.714 bits per heavy atom. The summed E-state index contributed by atoms with van der Waals surface area (Å²) in [5.74, 6) is -0.913. The first-order valence-electron chi connectivity index (χ1n) is 14.6. The Balaban J connectivity index is 2.84. The van der Waals surface area contributed by atoms with Gasteiger partial charge in [0.2, 0.25) is 0 Å². The maximum atomic E-state index is 12.6. The van der Waals surface area contributed by atoms with Crippen LogP contribution in [0.5, 0.6) is 11.5 Å².